The molecule has 25 heavy (non-hydrogen) atoms. The van der Waals surface area contributed by atoms with Crippen molar-refractivity contribution >= 4 is 28.8 Å². The van der Waals surface area contributed by atoms with E-state index in [1.165, 1.54) is 11.3 Å². The number of nitrogens with one attached hydrogen (secondary N) is 1. The van der Waals surface area contributed by atoms with Gasteiger partial charge in [0.15, 0.2) is 0 Å². The zero-order chi connectivity index (χ0) is 18.0. The average Bonchev–Trinajstić information content (AvgIpc) is 3.18. The minimum absolute atomic E-state index is 0.104. The van der Waals surface area contributed by atoms with Crippen LogP contribution in [0.3, 0.4) is 0 Å². The number of rotatable bonds is 5. The van der Waals surface area contributed by atoms with Gasteiger partial charge < -0.3 is 14.9 Å². The monoisotopic (exact) mass is 376 g/mol. The molecule has 1 aromatic carbocycles. The molecule has 130 valence electrons. The summed E-state index contributed by atoms with van der Waals surface area (Å²) in [4.78, 5) is 13.5. The van der Waals surface area contributed by atoms with Crippen LogP contribution in [0.15, 0.2) is 40.2 Å². The van der Waals surface area contributed by atoms with E-state index in [0.717, 1.165) is 10.4 Å². The first-order chi connectivity index (χ1) is 12.0. The van der Waals surface area contributed by atoms with Crippen molar-refractivity contribution in [2.75, 3.05) is 6.54 Å². The number of aliphatic hydroxyl groups is 1. The number of amides is 1. The molecule has 1 amide bonds. The number of aromatic nitrogens is 1. The van der Waals surface area contributed by atoms with Crippen LogP contribution in [0.1, 0.15) is 32.7 Å². The SMILES string of the molecule is Cc1ccsc1[C@H](O)CNC(=O)c1c(-c2ccccc2Cl)noc1C. The van der Waals surface area contributed by atoms with E-state index < -0.39 is 6.10 Å². The number of halogens is 1. The minimum Gasteiger partial charge on any atom is -0.386 e. The number of carbonyl (C=O) groups excluding carboxylic acids is 1. The topological polar surface area (TPSA) is 75.4 Å². The highest BCUT2D eigenvalue weighted by Crippen LogP contribution is 2.31. The molecule has 1 atom stereocenters. The second kappa shape index (κ2) is 7.39. The second-order valence-corrected chi connectivity index (χ2v) is 6.99. The van der Waals surface area contributed by atoms with Crippen molar-refractivity contribution in [1.29, 1.82) is 0 Å². The van der Waals surface area contributed by atoms with Crippen LogP contribution < -0.4 is 5.32 Å². The fourth-order valence-corrected chi connectivity index (χ4v) is 3.71. The molecule has 5 nitrogen and oxygen atoms in total. The van der Waals surface area contributed by atoms with Crippen molar-refractivity contribution in [2.45, 2.75) is 20.0 Å². The van der Waals surface area contributed by atoms with Crippen molar-refractivity contribution in [3.63, 3.8) is 0 Å². The molecule has 3 rings (SSSR count). The molecule has 0 saturated carbocycles. The third-order valence-electron chi connectivity index (χ3n) is 3.88. The Morgan fingerprint density at radius 1 is 1.36 bits per heavy atom. The molecule has 0 aliphatic carbocycles. The summed E-state index contributed by atoms with van der Waals surface area (Å²) in [6.07, 6.45) is -0.757. The van der Waals surface area contributed by atoms with Gasteiger partial charge in [0.05, 0.1) is 5.02 Å². The lowest BCUT2D eigenvalue weighted by molar-refractivity contribution is 0.0916. The first kappa shape index (κ1) is 17.7. The number of carbonyl (C=O) groups is 1. The molecular formula is C18H17ClN2O3S. The van der Waals surface area contributed by atoms with Crippen molar-refractivity contribution in [2.24, 2.45) is 0 Å². The van der Waals surface area contributed by atoms with Crippen LogP contribution in [0, 0.1) is 13.8 Å². The highest BCUT2D eigenvalue weighted by atomic mass is 35.5. The maximum atomic E-state index is 12.6. The highest BCUT2D eigenvalue weighted by molar-refractivity contribution is 7.10. The third-order valence-corrected chi connectivity index (χ3v) is 5.33. The molecule has 0 bridgehead atoms. The normalized spacial score (nSPS) is 12.2. The summed E-state index contributed by atoms with van der Waals surface area (Å²) in [6, 6.07) is 9.06. The van der Waals surface area contributed by atoms with Crippen molar-refractivity contribution in [3.8, 4) is 11.3 Å². The van der Waals surface area contributed by atoms with Gasteiger partial charge in [-0.1, -0.05) is 35.0 Å². The maximum Gasteiger partial charge on any atom is 0.257 e. The lowest BCUT2D eigenvalue weighted by atomic mass is 10.1. The maximum absolute atomic E-state index is 12.6. The Kier molecular flexibility index (Phi) is 5.22. The van der Waals surface area contributed by atoms with E-state index in [9.17, 15) is 9.90 Å². The number of benzene rings is 1. The van der Waals surface area contributed by atoms with Gasteiger partial charge in [0.25, 0.3) is 5.91 Å². The van der Waals surface area contributed by atoms with Crippen LogP contribution in [0.4, 0.5) is 0 Å². The van der Waals surface area contributed by atoms with E-state index in [2.05, 4.69) is 10.5 Å². The van der Waals surface area contributed by atoms with Gasteiger partial charge >= 0.3 is 0 Å². The molecule has 2 heterocycles. The van der Waals surface area contributed by atoms with Crippen LogP contribution in [0.2, 0.25) is 5.02 Å². The summed E-state index contributed by atoms with van der Waals surface area (Å²) in [5.74, 6) is 0.0381. The largest absolute Gasteiger partial charge is 0.386 e. The quantitative estimate of drug-likeness (QED) is 0.701. The van der Waals surface area contributed by atoms with Crippen LogP contribution >= 0.6 is 22.9 Å². The van der Waals surface area contributed by atoms with Crippen LogP contribution in [0.25, 0.3) is 11.3 Å². The molecule has 0 saturated heterocycles. The van der Waals surface area contributed by atoms with Crippen LogP contribution in [-0.2, 0) is 0 Å². The lowest BCUT2D eigenvalue weighted by Crippen LogP contribution is -2.29. The van der Waals surface area contributed by atoms with Gasteiger partial charge in [-0.15, -0.1) is 11.3 Å². The second-order valence-electron chi connectivity index (χ2n) is 5.64. The Labute approximate surface area is 154 Å². The van der Waals surface area contributed by atoms with Crippen molar-refractivity contribution in [3.05, 3.63) is 62.5 Å². The summed E-state index contributed by atoms with van der Waals surface area (Å²) < 4.78 is 5.19. The molecule has 2 aromatic heterocycles. The Morgan fingerprint density at radius 3 is 2.80 bits per heavy atom. The van der Waals surface area contributed by atoms with Crippen molar-refractivity contribution < 1.29 is 14.4 Å². The Bertz CT molecular complexity index is 903. The van der Waals surface area contributed by atoms with Gasteiger partial charge in [0.2, 0.25) is 0 Å². The fraction of sp³-hybridized carbons (Fsp3) is 0.222. The number of hydrogen-bond acceptors (Lipinski definition) is 5. The Balaban J connectivity index is 1.80. The van der Waals surface area contributed by atoms with E-state index in [-0.39, 0.29) is 12.5 Å². The molecule has 2 N–H and O–H groups in total. The van der Waals surface area contributed by atoms with Crippen LogP contribution in [-0.4, -0.2) is 22.7 Å². The van der Waals surface area contributed by atoms with Gasteiger partial charge in [0.1, 0.15) is 23.1 Å². The summed E-state index contributed by atoms with van der Waals surface area (Å²) in [5, 5.41) is 19.4. The predicted molar refractivity (Wildman–Crippen MR) is 98.0 cm³/mol. The molecule has 7 heteroatoms. The molecule has 0 fully saturated rings. The summed E-state index contributed by atoms with van der Waals surface area (Å²) in [5.41, 5.74) is 2.34. The Morgan fingerprint density at radius 2 is 2.12 bits per heavy atom. The van der Waals surface area contributed by atoms with E-state index >= 15 is 0 Å². The fourth-order valence-electron chi connectivity index (χ4n) is 2.57. The summed E-state index contributed by atoms with van der Waals surface area (Å²) in [6.45, 7) is 3.70. The summed E-state index contributed by atoms with van der Waals surface area (Å²) >= 11 is 7.67. The molecule has 0 aliphatic heterocycles. The summed E-state index contributed by atoms with van der Waals surface area (Å²) in [7, 11) is 0. The van der Waals surface area contributed by atoms with E-state index in [1.807, 2.05) is 24.4 Å². The predicted octanol–water partition coefficient (Wildman–Crippen LogP) is 4.14. The Hall–Kier alpha value is -2.15. The van der Waals surface area contributed by atoms with Gasteiger partial charge in [-0.05, 0) is 36.9 Å². The minimum atomic E-state index is -0.757. The number of aryl methyl sites for hydroxylation is 2. The van der Waals surface area contributed by atoms with Gasteiger partial charge in [0, 0.05) is 17.0 Å². The van der Waals surface area contributed by atoms with E-state index in [0.29, 0.717) is 27.6 Å². The van der Waals surface area contributed by atoms with Gasteiger partial charge in [-0.25, -0.2) is 0 Å². The number of nitrogens with zero attached hydrogens (tertiary/aromatic N) is 1. The molecule has 0 radical (unpaired) electrons. The third kappa shape index (κ3) is 3.61. The first-order valence-corrected chi connectivity index (χ1v) is 8.96. The molecule has 0 unspecified atom stereocenters. The lowest BCUT2D eigenvalue weighted by Gasteiger charge is -2.12. The standard InChI is InChI=1S/C18H17ClN2O3S/c1-10-7-8-25-17(10)14(22)9-20-18(23)15-11(2)24-21-16(15)12-5-3-4-6-13(12)19/h3-8,14,22H,9H2,1-2H3,(H,20,23)/t14-/m1/s1. The van der Waals surface area contributed by atoms with Gasteiger partial charge in [-0.2, -0.15) is 0 Å². The molecule has 0 aliphatic rings. The molecular weight excluding hydrogens is 360 g/mol. The van der Waals surface area contributed by atoms with Crippen LogP contribution in [0.5, 0.6) is 0 Å². The van der Waals surface area contributed by atoms with E-state index in [4.69, 9.17) is 16.1 Å². The molecule has 0 spiro atoms. The smallest absolute Gasteiger partial charge is 0.257 e. The highest BCUT2D eigenvalue weighted by Gasteiger charge is 2.23. The first-order valence-electron chi connectivity index (χ1n) is 7.70. The average molecular weight is 377 g/mol. The number of thiophene rings is 1. The van der Waals surface area contributed by atoms with E-state index in [1.54, 1.807) is 25.1 Å². The van der Waals surface area contributed by atoms with Gasteiger partial charge in [-0.3, -0.25) is 4.79 Å². The van der Waals surface area contributed by atoms with Crippen molar-refractivity contribution in [1.82, 2.24) is 10.5 Å². The number of hydrogen-bond donors (Lipinski definition) is 2. The number of aliphatic hydroxyl groups excluding tert-OH is 1. The molecule has 3 aromatic rings. The zero-order valence-electron chi connectivity index (χ0n) is 13.7. The zero-order valence-corrected chi connectivity index (χ0v) is 15.3.